The van der Waals surface area contributed by atoms with Gasteiger partial charge in [0.05, 0.1) is 23.2 Å². The number of carbonyl (C=O) groups is 2. The molecule has 1 unspecified atom stereocenters. The first kappa shape index (κ1) is 24.5. The fourth-order valence-electron chi connectivity index (χ4n) is 4.23. The molecule has 35 heavy (non-hydrogen) atoms. The molecule has 1 saturated heterocycles. The standard InChI is InChI=1S/C28H27ClN2O4/c1-4-35-21-9-10-23(29)22(15-21)26(32)24-25(20-7-5-19(6-8-20)17(2)3)31(28(34)27(24)33)16-18-11-13-30-14-12-18/h5-15,17,25,32H,4,16H2,1-3H3/b26-24+. The molecule has 1 amide bonds. The average molecular weight is 491 g/mol. The Kier molecular flexibility index (Phi) is 7.22. The quantitative estimate of drug-likeness (QED) is 0.254. The van der Waals surface area contributed by atoms with E-state index >= 15 is 0 Å². The Morgan fingerprint density at radius 3 is 2.40 bits per heavy atom. The van der Waals surface area contributed by atoms with E-state index in [1.165, 1.54) is 4.90 Å². The molecule has 2 aromatic carbocycles. The first-order chi connectivity index (χ1) is 16.8. The zero-order valence-electron chi connectivity index (χ0n) is 19.9. The van der Waals surface area contributed by atoms with Crippen LogP contribution in [0.1, 0.15) is 55.0 Å². The van der Waals surface area contributed by atoms with E-state index in [-0.39, 0.29) is 28.5 Å². The molecule has 0 spiro atoms. The number of likely N-dealkylation sites (tertiary alicyclic amines) is 1. The van der Waals surface area contributed by atoms with Crippen LogP contribution in [0.5, 0.6) is 5.75 Å². The van der Waals surface area contributed by atoms with Crippen LogP contribution in [0, 0.1) is 0 Å². The Hall–Kier alpha value is -3.64. The van der Waals surface area contributed by atoms with Crippen molar-refractivity contribution >= 4 is 29.1 Å². The summed E-state index contributed by atoms with van der Waals surface area (Å²) in [5, 5.41) is 11.6. The van der Waals surface area contributed by atoms with E-state index in [1.807, 2.05) is 31.2 Å². The lowest BCUT2D eigenvalue weighted by atomic mass is 9.93. The van der Waals surface area contributed by atoms with Crippen molar-refractivity contribution in [1.82, 2.24) is 9.88 Å². The molecule has 7 heteroatoms. The first-order valence-electron chi connectivity index (χ1n) is 11.5. The minimum atomic E-state index is -0.781. The average Bonchev–Trinajstić information content (AvgIpc) is 3.10. The van der Waals surface area contributed by atoms with Crippen molar-refractivity contribution in [2.75, 3.05) is 6.61 Å². The van der Waals surface area contributed by atoms with E-state index in [1.54, 1.807) is 42.7 Å². The maximum atomic E-state index is 13.3. The molecule has 2 heterocycles. The number of nitrogens with zero attached hydrogens (tertiary/aromatic N) is 2. The van der Waals surface area contributed by atoms with Crippen molar-refractivity contribution in [3.63, 3.8) is 0 Å². The number of aliphatic hydroxyl groups excluding tert-OH is 1. The van der Waals surface area contributed by atoms with E-state index in [0.29, 0.717) is 18.3 Å². The van der Waals surface area contributed by atoms with E-state index in [4.69, 9.17) is 16.3 Å². The lowest BCUT2D eigenvalue weighted by molar-refractivity contribution is -0.140. The number of hydrogen-bond acceptors (Lipinski definition) is 5. The second-order valence-electron chi connectivity index (χ2n) is 8.68. The number of rotatable bonds is 7. The summed E-state index contributed by atoms with van der Waals surface area (Å²) >= 11 is 6.40. The number of aromatic nitrogens is 1. The second-order valence-corrected chi connectivity index (χ2v) is 9.09. The molecule has 0 bridgehead atoms. The number of hydrogen-bond donors (Lipinski definition) is 1. The largest absolute Gasteiger partial charge is 0.507 e. The number of halogens is 1. The Labute approximate surface area is 209 Å². The van der Waals surface area contributed by atoms with E-state index in [9.17, 15) is 14.7 Å². The monoisotopic (exact) mass is 490 g/mol. The molecule has 1 aromatic heterocycles. The third-order valence-corrected chi connectivity index (χ3v) is 6.39. The van der Waals surface area contributed by atoms with E-state index < -0.39 is 17.7 Å². The van der Waals surface area contributed by atoms with Crippen molar-refractivity contribution in [2.24, 2.45) is 0 Å². The molecule has 6 nitrogen and oxygen atoms in total. The van der Waals surface area contributed by atoms with Gasteiger partial charge in [-0.05, 0) is 59.9 Å². The number of ether oxygens (including phenoxy) is 1. The van der Waals surface area contributed by atoms with Gasteiger partial charge in [0.2, 0.25) is 0 Å². The first-order valence-corrected chi connectivity index (χ1v) is 11.9. The smallest absolute Gasteiger partial charge is 0.295 e. The van der Waals surface area contributed by atoms with Crippen molar-refractivity contribution in [3.8, 4) is 5.75 Å². The van der Waals surface area contributed by atoms with Crippen LogP contribution >= 0.6 is 11.6 Å². The summed E-state index contributed by atoms with van der Waals surface area (Å²) in [4.78, 5) is 32.0. The molecule has 1 aliphatic rings. The van der Waals surface area contributed by atoms with E-state index in [0.717, 1.165) is 16.7 Å². The Morgan fingerprint density at radius 2 is 1.77 bits per heavy atom. The number of Topliss-reactive ketones (excluding diaryl/α,β-unsaturated/α-hetero) is 1. The topological polar surface area (TPSA) is 79.7 Å². The fraction of sp³-hybridized carbons (Fsp3) is 0.250. The van der Waals surface area contributed by atoms with Crippen LogP contribution in [0.2, 0.25) is 5.02 Å². The normalized spacial score (nSPS) is 17.3. The zero-order chi connectivity index (χ0) is 25.1. The minimum Gasteiger partial charge on any atom is -0.507 e. The third-order valence-electron chi connectivity index (χ3n) is 6.07. The van der Waals surface area contributed by atoms with E-state index in [2.05, 4.69) is 18.8 Å². The number of benzene rings is 2. The Balaban J connectivity index is 1.87. The summed E-state index contributed by atoms with van der Waals surface area (Å²) in [6.45, 7) is 6.66. The number of pyridine rings is 1. The fourth-order valence-corrected chi connectivity index (χ4v) is 4.43. The van der Waals surface area contributed by atoms with Crippen LogP contribution in [0.4, 0.5) is 0 Å². The van der Waals surface area contributed by atoms with Crippen LogP contribution in [0.3, 0.4) is 0 Å². The maximum Gasteiger partial charge on any atom is 0.295 e. The van der Waals surface area contributed by atoms with Gasteiger partial charge in [0.15, 0.2) is 0 Å². The maximum absolute atomic E-state index is 13.3. The highest BCUT2D eigenvalue weighted by Crippen LogP contribution is 2.42. The third kappa shape index (κ3) is 4.93. The highest BCUT2D eigenvalue weighted by Gasteiger charge is 2.46. The van der Waals surface area contributed by atoms with Crippen LogP contribution in [0.15, 0.2) is 72.6 Å². The van der Waals surface area contributed by atoms with Gasteiger partial charge in [0.1, 0.15) is 11.5 Å². The Bertz CT molecular complexity index is 1270. The van der Waals surface area contributed by atoms with Gasteiger partial charge in [0, 0.05) is 24.5 Å². The van der Waals surface area contributed by atoms with Gasteiger partial charge in [-0.3, -0.25) is 14.6 Å². The summed E-state index contributed by atoms with van der Waals surface area (Å²) in [5.41, 5.74) is 2.91. The van der Waals surface area contributed by atoms with Crippen molar-refractivity contribution < 1.29 is 19.4 Å². The van der Waals surface area contributed by atoms with Crippen LogP contribution in [0.25, 0.3) is 5.76 Å². The van der Waals surface area contributed by atoms with Gasteiger partial charge < -0.3 is 14.7 Å². The molecule has 180 valence electrons. The molecule has 3 aromatic rings. The minimum absolute atomic E-state index is 0.00287. The van der Waals surface area contributed by atoms with Gasteiger partial charge in [0.25, 0.3) is 11.7 Å². The summed E-state index contributed by atoms with van der Waals surface area (Å²) in [5.74, 6) is -0.939. The number of amides is 1. The molecule has 4 rings (SSSR count). The van der Waals surface area contributed by atoms with Crippen LogP contribution in [-0.2, 0) is 16.1 Å². The molecule has 1 aliphatic heterocycles. The van der Waals surface area contributed by atoms with Crippen molar-refractivity contribution in [3.05, 3.63) is 99.8 Å². The van der Waals surface area contributed by atoms with Gasteiger partial charge >= 0.3 is 0 Å². The SMILES string of the molecule is CCOc1ccc(Cl)c(/C(O)=C2\C(=O)C(=O)N(Cc3ccncc3)C2c2ccc(C(C)C)cc2)c1. The number of ketones is 1. The highest BCUT2D eigenvalue weighted by molar-refractivity contribution is 6.47. The van der Waals surface area contributed by atoms with Gasteiger partial charge in [-0.2, -0.15) is 0 Å². The highest BCUT2D eigenvalue weighted by atomic mass is 35.5. The summed E-state index contributed by atoms with van der Waals surface area (Å²) in [7, 11) is 0. The predicted octanol–water partition coefficient (Wildman–Crippen LogP) is 5.88. The molecule has 0 aliphatic carbocycles. The second kappa shape index (κ2) is 10.3. The van der Waals surface area contributed by atoms with Gasteiger partial charge in [-0.25, -0.2) is 0 Å². The molecule has 0 saturated carbocycles. The number of carbonyl (C=O) groups excluding carboxylic acids is 2. The van der Waals surface area contributed by atoms with Gasteiger partial charge in [-0.1, -0.05) is 49.7 Å². The summed E-state index contributed by atoms with van der Waals surface area (Å²) in [6.07, 6.45) is 3.27. The van der Waals surface area contributed by atoms with Crippen LogP contribution in [-0.4, -0.2) is 33.3 Å². The summed E-state index contributed by atoms with van der Waals surface area (Å²) in [6, 6.07) is 15.4. The zero-order valence-corrected chi connectivity index (χ0v) is 20.6. The molecule has 0 radical (unpaired) electrons. The van der Waals surface area contributed by atoms with Crippen molar-refractivity contribution in [1.29, 1.82) is 0 Å². The lowest BCUT2D eigenvalue weighted by Gasteiger charge is -2.26. The number of aliphatic hydroxyl groups is 1. The Morgan fingerprint density at radius 1 is 1.09 bits per heavy atom. The van der Waals surface area contributed by atoms with Crippen molar-refractivity contribution in [2.45, 2.75) is 39.3 Å². The lowest BCUT2D eigenvalue weighted by Crippen LogP contribution is -2.29. The predicted molar refractivity (Wildman–Crippen MR) is 135 cm³/mol. The molecule has 1 atom stereocenters. The summed E-state index contributed by atoms with van der Waals surface area (Å²) < 4.78 is 5.55. The molecule has 1 N–H and O–H groups in total. The molecular weight excluding hydrogens is 464 g/mol. The van der Waals surface area contributed by atoms with Gasteiger partial charge in [-0.15, -0.1) is 0 Å². The molecule has 1 fully saturated rings. The molecular formula is C28H27ClN2O4. The van der Waals surface area contributed by atoms with Crippen LogP contribution < -0.4 is 4.74 Å².